The zero-order chi connectivity index (χ0) is 13.1. The highest BCUT2D eigenvalue weighted by molar-refractivity contribution is 5.39. The third-order valence-corrected chi connectivity index (χ3v) is 3.88. The topological polar surface area (TPSA) is 18.5 Å². The molecule has 0 bridgehead atoms. The highest BCUT2D eigenvalue weighted by Crippen LogP contribution is 2.47. The predicted octanol–water partition coefficient (Wildman–Crippen LogP) is 4.45. The molecule has 1 aliphatic carbocycles. The molecule has 0 radical (unpaired) electrons. The Morgan fingerprint density at radius 1 is 1.00 bits per heavy atom. The summed E-state index contributed by atoms with van der Waals surface area (Å²) in [6, 6.07) is 0. The van der Waals surface area contributed by atoms with Gasteiger partial charge in [0.2, 0.25) is 5.79 Å². The molecular formula is C16H28O2. The van der Waals surface area contributed by atoms with Crippen LogP contribution in [0.25, 0.3) is 0 Å². The predicted molar refractivity (Wildman–Crippen MR) is 74.5 cm³/mol. The summed E-state index contributed by atoms with van der Waals surface area (Å²) in [7, 11) is 0. The minimum Gasteiger partial charge on any atom is -0.342 e. The number of ether oxygens (including phenoxy) is 2. The monoisotopic (exact) mass is 252 g/mol. The molecule has 0 aromatic carbocycles. The average Bonchev–Trinajstić information content (AvgIpc) is 3.02. The SMILES string of the molecule is CCCCCCCCC1=CC12OCC(C)(C)CO2. The molecule has 2 heteroatoms. The summed E-state index contributed by atoms with van der Waals surface area (Å²) in [4.78, 5) is 0. The molecule has 0 atom stereocenters. The van der Waals surface area contributed by atoms with Crippen molar-refractivity contribution in [3.05, 3.63) is 11.6 Å². The van der Waals surface area contributed by atoms with Crippen LogP contribution in [0.15, 0.2) is 11.6 Å². The summed E-state index contributed by atoms with van der Waals surface area (Å²) in [5.74, 6) is -0.362. The van der Waals surface area contributed by atoms with E-state index in [9.17, 15) is 0 Å². The van der Waals surface area contributed by atoms with Crippen molar-refractivity contribution in [1.29, 1.82) is 0 Å². The van der Waals surface area contributed by atoms with Gasteiger partial charge in [-0.15, -0.1) is 0 Å². The van der Waals surface area contributed by atoms with Crippen LogP contribution in [0, 0.1) is 5.41 Å². The summed E-state index contributed by atoms with van der Waals surface area (Å²) >= 11 is 0. The van der Waals surface area contributed by atoms with Crippen molar-refractivity contribution in [3.8, 4) is 0 Å². The largest absolute Gasteiger partial charge is 0.342 e. The van der Waals surface area contributed by atoms with Crippen LogP contribution in [-0.4, -0.2) is 19.0 Å². The Bertz CT molecular complexity index is 294. The Morgan fingerprint density at radius 2 is 1.61 bits per heavy atom. The molecule has 1 heterocycles. The molecule has 0 aromatic heterocycles. The molecule has 0 amide bonds. The molecule has 1 fully saturated rings. The van der Waals surface area contributed by atoms with Crippen molar-refractivity contribution in [3.63, 3.8) is 0 Å². The van der Waals surface area contributed by atoms with E-state index in [-0.39, 0.29) is 11.2 Å². The van der Waals surface area contributed by atoms with E-state index < -0.39 is 0 Å². The van der Waals surface area contributed by atoms with E-state index in [0.29, 0.717) is 0 Å². The van der Waals surface area contributed by atoms with E-state index in [0.717, 1.165) is 19.6 Å². The quantitative estimate of drug-likeness (QED) is 0.492. The lowest BCUT2D eigenvalue weighted by atomic mass is 9.95. The summed E-state index contributed by atoms with van der Waals surface area (Å²) in [6.07, 6.45) is 11.4. The molecule has 104 valence electrons. The maximum Gasteiger partial charge on any atom is 0.211 e. The molecule has 1 saturated heterocycles. The lowest BCUT2D eigenvalue weighted by Crippen LogP contribution is -2.40. The van der Waals surface area contributed by atoms with Gasteiger partial charge in [-0.05, 0) is 24.5 Å². The fourth-order valence-electron chi connectivity index (χ4n) is 2.49. The summed E-state index contributed by atoms with van der Waals surface area (Å²) < 4.78 is 11.8. The first-order valence-corrected chi connectivity index (χ1v) is 7.58. The number of unbranched alkanes of at least 4 members (excludes halogenated alkanes) is 5. The zero-order valence-electron chi connectivity index (χ0n) is 12.3. The first-order valence-electron chi connectivity index (χ1n) is 7.58. The van der Waals surface area contributed by atoms with E-state index in [4.69, 9.17) is 9.47 Å². The lowest BCUT2D eigenvalue weighted by Gasteiger charge is -2.36. The first-order chi connectivity index (χ1) is 8.58. The minimum absolute atomic E-state index is 0.174. The van der Waals surface area contributed by atoms with E-state index in [2.05, 4.69) is 26.8 Å². The molecule has 1 spiro atoms. The summed E-state index contributed by atoms with van der Waals surface area (Å²) in [5, 5.41) is 0. The second-order valence-corrected chi connectivity index (χ2v) is 6.60. The molecule has 0 N–H and O–H groups in total. The molecule has 2 aliphatic rings. The number of rotatable bonds is 7. The van der Waals surface area contributed by atoms with Gasteiger partial charge in [-0.1, -0.05) is 52.9 Å². The Morgan fingerprint density at radius 3 is 2.28 bits per heavy atom. The fourth-order valence-corrected chi connectivity index (χ4v) is 2.49. The van der Waals surface area contributed by atoms with Crippen LogP contribution in [0.3, 0.4) is 0 Å². The smallest absolute Gasteiger partial charge is 0.211 e. The van der Waals surface area contributed by atoms with Crippen LogP contribution in [0.5, 0.6) is 0 Å². The van der Waals surface area contributed by atoms with Crippen LogP contribution >= 0.6 is 0 Å². The van der Waals surface area contributed by atoms with Gasteiger partial charge in [-0.3, -0.25) is 0 Å². The Labute approximate surface area is 112 Å². The van der Waals surface area contributed by atoms with Gasteiger partial charge in [0.15, 0.2) is 0 Å². The van der Waals surface area contributed by atoms with Crippen molar-refractivity contribution in [1.82, 2.24) is 0 Å². The Kier molecular flexibility index (Phi) is 4.50. The van der Waals surface area contributed by atoms with E-state index in [1.807, 2.05) is 0 Å². The lowest BCUT2D eigenvalue weighted by molar-refractivity contribution is -0.230. The van der Waals surface area contributed by atoms with E-state index in [1.54, 1.807) is 0 Å². The molecule has 1 aliphatic heterocycles. The van der Waals surface area contributed by atoms with Crippen molar-refractivity contribution in [2.45, 2.75) is 71.5 Å². The van der Waals surface area contributed by atoms with Crippen LogP contribution < -0.4 is 0 Å². The maximum absolute atomic E-state index is 5.89. The van der Waals surface area contributed by atoms with Crippen molar-refractivity contribution < 1.29 is 9.47 Å². The Balaban J connectivity index is 1.56. The normalized spacial score (nSPS) is 24.1. The first kappa shape index (κ1) is 14.1. The third-order valence-electron chi connectivity index (χ3n) is 3.88. The molecule has 2 nitrogen and oxygen atoms in total. The van der Waals surface area contributed by atoms with Gasteiger partial charge in [0.25, 0.3) is 0 Å². The molecule has 0 saturated carbocycles. The van der Waals surface area contributed by atoms with Gasteiger partial charge in [0.1, 0.15) is 0 Å². The minimum atomic E-state index is -0.362. The van der Waals surface area contributed by atoms with Crippen LogP contribution in [0.1, 0.15) is 65.7 Å². The summed E-state index contributed by atoms with van der Waals surface area (Å²) in [5.41, 5.74) is 1.56. The molecule has 2 rings (SSSR count). The van der Waals surface area contributed by atoms with Gasteiger partial charge >= 0.3 is 0 Å². The van der Waals surface area contributed by atoms with Crippen LogP contribution in [0.2, 0.25) is 0 Å². The van der Waals surface area contributed by atoms with Crippen molar-refractivity contribution >= 4 is 0 Å². The van der Waals surface area contributed by atoms with Gasteiger partial charge in [0.05, 0.1) is 13.2 Å². The molecule has 18 heavy (non-hydrogen) atoms. The summed E-state index contributed by atoms with van der Waals surface area (Å²) in [6.45, 7) is 8.26. The number of hydrogen-bond acceptors (Lipinski definition) is 2. The van der Waals surface area contributed by atoms with E-state index >= 15 is 0 Å². The maximum atomic E-state index is 5.89. The zero-order valence-corrected chi connectivity index (χ0v) is 12.3. The second-order valence-electron chi connectivity index (χ2n) is 6.60. The van der Waals surface area contributed by atoms with E-state index in [1.165, 1.54) is 44.1 Å². The standard InChI is InChI=1S/C16H28O2/c1-4-5-6-7-8-9-10-14-11-16(14)17-12-15(2,3)13-18-16/h11H,4-10,12-13H2,1-3H3. The molecule has 0 aromatic rings. The van der Waals surface area contributed by atoms with Crippen molar-refractivity contribution in [2.24, 2.45) is 5.41 Å². The fraction of sp³-hybridized carbons (Fsp3) is 0.875. The Hall–Kier alpha value is -0.340. The van der Waals surface area contributed by atoms with Crippen LogP contribution in [-0.2, 0) is 9.47 Å². The highest BCUT2D eigenvalue weighted by atomic mass is 16.7. The average molecular weight is 252 g/mol. The van der Waals surface area contributed by atoms with Gasteiger partial charge in [-0.2, -0.15) is 0 Å². The van der Waals surface area contributed by atoms with Crippen molar-refractivity contribution in [2.75, 3.05) is 13.2 Å². The van der Waals surface area contributed by atoms with Gasteiger partial charge in [-0.25, -0.2) is 0 Å². The third kappa shape index (κ3) is 3.58. The molecular weight excluding hydrogens is 224 g/mol. The molecule has 0 unspecified atom stereocenters. The van der Waals surface area contributed by atoms with Gasteiger partial charge < -0.3 is 9.47 Å². The van der Waals surface area contributed by atoms with Crippen LogP contribution in [0.4, 0.5) is 0 Å². The number of hydrogen-bond donors (Lipinski definition) is 0. The highest BCUT2D eigenvalue weighted by Gasteiger charge is 2.50. The second kappa shape index (κ2) is 5.75. The van der Waals surface area contributed by atoms with Gasteiger partial charge in [0, 0.05) is 5.41 Å².